The van der Waals surface area contributed by atoms with Gasteiger partial charge in [-0.05, 0) is 22.8 Å². The summed E-state index contributed by atoms with van der Waals surface area (Å²) >= 11 is 0. The Bertz CT molecular complexity index is 1600. The van der Waals surface area contributed by atoms with Gasteiger partial charge in [-0.2, -0.15) is 0 Å². The lowest BCUT2D eigenvalue weighted by Gasteiger charge is -2.11. The summed E-state index contributed by atoms with van der Waals surface area (Å²) in [6.45, 7) is 0. The summed E-state index contributed by atoms with van der Waals surface area (Å²) in [6, 6.07) is 45.5. The van der Waals surface area contributed by atoms with E-state index in [0.717, 1.165) is 33.5 Å². The molecule has 0 unspecified atom stereocenters. The van der Waals surface area contributed by atoms with Crippen molar-refractivity contribution in [2.45, 2.75) is 0 Å². The highest BCUT2D eigenvalue weighted by molar-refractivity contribution is 5.79. The number of nitrogens with zero attached hydrogens (tertiary/aromatic N) is 3. The van der Waals surface area contributed by atoms with Crippen molar-refractivity contribution in [2.24, 2.45) is 0 Å². The molecule has 0 aliphatic rings. The Morgan fingerprint density at radius 2 is 0.737 bits per heavy atom. The molecule has 1 aromatic heterocycles. The maximum atomic E-state index is 4.84. The van der Waals surface area contributed by atoms with Gasteiger partial charge in [0, 0.05) is 35.0 Å². The van der Waals surface area contributed by atoms with E-state index in [1.807, 2.05) is 73.8 Å². The fraction of sp³-hybridized carbons (Fsp3) is 0.0294. The van der Waals surface area contributed by atoms with E-state index >= 15 is 0 Å². The second-order valence-corrected chi connectivity index (χ2v) is 8.99. The quantitative estimate of drug-likeness (QED) is 0.255. The molecule has 4 heteroatoms. The van der Waals surface area contributed by atoms with Gasteiger partial charge >= 0.3 is 0 Å². The molecule has 1 heterocycles. The predicted octanol–water partition coefficient (Wildman–Crippen LogP) is 8.25. The van der Waals surface area contributed by atoms with Gasteiger partial charge in [0.05, 0.1) is 0 Å². The molecule has 1 N–H and O–H groups in total. The summed E-state index contributed by atoms with van der Waals surface area (Å²) in [7, 11) is 1.95. The van der Waals surface area contributed by atoms with Gasteiger partial charge < -0.3 is 5.32 Å². The number of nitrogens with one attached hydrogen (secondary N) is 1. The van der Waals surface area contributed by atoms with Gasteiger partial charge in [-0.15, -0.1) is 0 Å². The van der Waals surface area contributed by atoms with Crippen LogP contribution in [0.5, 0.6) is 0 Å². The molecule has 0 radical (unpaired) electrons. The Labute approximate surface area is 222 Å². The van der Waals surface area contributed by atoms with Crippen molar-refractivity contribution >= 4 is 5.69 Å². The molecule has 4 nitrogen and oxygen atoms in total. The number of benzene rings is 5. The monoisotopic (exact) mass is 490 g/mol. The molecule has 0 saturated heterocycles. The number of hydrogen-bond acceptors (Lipinski definition) is 4. The summed E-state index contributed by atoms with van der Waals surface area (Å²) in [6.07, 6.45) is 0. The maximum Gasteiger partial charge on any atom is 0.164 e. The topological polar surface area (TPSA) is 50.7 Å². The molecule has 0 atom stereocenters. The highest BCUT2D eigenvalue weighted by Crippen LogP contribution is 2.31. The zero-order chi connectivity index (χ0) is 25.7. The second kappa shape index (κ2) is 10.5. The predicted molar refractivity (Wildman–Crippen MR) is 157 cm³/mol. The van der Waals surface area contributed by atoms with Crippen molar-refractivity contribution < 1.29 is 0 Å². The first-order valence-corrected chi connectivity index (χ1v) is 12.6. The van der Waals surface area contributed by atoms with Gasteiger partial charge in [-0.3, -0.25) is 0 Å². The lowest BCUT2D eigenvalue weighted by molar-refractivity contribution is 1.07. The van der Waals surface area contributed by atoms with Crippen LogP contribution in [0.4, 0.5) is 5.69 Å². The van der Waals surface area contributed by atoms with Crippen LogP contribution in [0.15, 0.2) is 133 Å². The molecule has 0 spiro atoms. The van der Waals surface area contributed by atoms with Crippen molar-refractivity contribution in [3.05, 3.63) is 133 Å². The van der Waals surface area contributed by atoms with Crippen molar-refractivity contribution in [2.75, 3.05) is 12.4 Å². The largest absolute Gasteiger partial charge is 0.388 e. The Balaban J connectivity index is 1.33. The molecule has 0 fully saturated rings. The number of hydrogen-bond donors (Lipinski definition) is 1. The van der Waals surface area contributed by atoms with Gasteiger partial charge in [0.25, 0.3) is 0 Å². The lowest BCUT2D eigenvalue weighted by Crippen LogP contribution is -2.00. The van der Waals surface area contributed by atoms with Crippen molar-refractivity contribution in [3.8, 4) is 56.4 Å². The maximum absolute atomic E-state index is 4.84. The Morgan fingerprint density at radius 3 is 1.21 bits per heavy atom. The van der Waals surface area contributed by atoms with Crippen LogP contribution in [0.25, 0.3) is 56.4 Å². The molecule has 0 bridgehead atoms. The van der Waals surface area contributed by atoms with Gasteiger partial charge in [0.1, 0.15) is 0 Å². The molecule has 0 aliphatic carbocycles. The van der Waals surface area contributed by atoms with Gasteiger partial charge in [0.15, 0.2) is 17.5 Å². The molecule has 5 aromatic carbocycles. The lowest BCUT2D eigenvalue weighted by atomic mass is 9.98. The third-order valence-corrected chi connectivity index (χ3v) is 6.57. The first-order valence-electron chi connectivity index (χ1n) is 12.6. The van der Waals surface area contributed by atoms with Crippen LogP contribution >= 0.6 is 0 Å². The van der Waals surface area contributed by atoms with Crippen molar-refractivity contribution in [1.29, 1.82) is 0 Å². The average molecular weight is 491 g/mol. The number of aromatic nitrogens is 3. The Morgan fingerprint density at radius 1 is 0.368 bits per heavy atom. The van der Waals surface area contributed by atoms with Gasteiger partial charge in [0.2, 0.25) is 0 Å². The summed E-state index contributed by atoms with van der Waals surface area (Å²) in [4.78, 5) is 14.5. The van der Waals surface area contributed by atoms with Crippen molar-refractivity contribution in [1.82, 2.24) is 15.0 Å². The smallest absolute Gasteiger partial charge is 0.164 e. The van der Waals surface area contributed by atoms with Gasteiger partial charge in [-0.1, -0.05) is 127 Å². The van der Waals surface area contributed by atoms with Crippen molar-refractivity contribution in [3.63, 3.8) is 0 Å². The number of para-hydroxylation sites is 1. The van der Waals surface area contributed by atoms with Crippen LogP contribution < -0.4 is 5.32 Å². The highest BCUT2D eigenvalue weighted by atomic mass is 15.0. The van der Waals surface area contributed by atoms with E-state index in [9.17, 15) is 0 Å². The zero-order valence-electron chi connectivity index (χ0n) is 21.0. The van der Waals surface area contributed by atoms with Crippen LogP contribution in [0.3, 0.4) is 0 Å². The molecule has 6 aromatic rings. The standard InChI is InChI=1S/C34H26N4/c1-35-31-15-9-8-14-30(31)26-20-16-24(17-21-26)25-18-22-29(23-19-25)34-37-32(27-10-4-2-5-11-27)36-33(38-34)28-12-6-3-7-13-28/h2-23,35H,1H3. The fourth-order valence-corrected chi connectivity index (χ4v) is 4.54. The second-order valence-electron chi connectivity index (χ2n) is 8.99. The van der Waals surface area contributed by atoms with Crippen LogP contribution in [0, 0.1) is 0 Å². The van der Waals surface area contributed by atoms with Gasteiger partial charge in [-0.25, -0.2) is 15.0 Å². The van der Waals surface area contributed by atoms with E-state index < -0.39 is 0 Å². The normalized spacial score (nSPS) is 10.8. The number of anilines is 1. The molecule has 0 aliphatic heterocycles. The molecule has 0 amide bonds. The minimum absolute atomic E-state index is 0.656. The van der Waals surface area contributed by atoms with Crippen LogP contribution in [-0.2, 0) is 0 Å². The Kier molecular flexibility index (Phi) is 6.44. The van der Waals surface area contributed by atoms with Crippen LogP contribution in [0.1, 0.15) is 0 Å². The minimum atomic E-state index is 0.656. The molecular weight excluding hydrogens is 464 g/mol. The van der Waals surface area contributed by atoms with E-state index in [4.69, 9.17) is 15.0 Å². The van der Waals surface area contributed by atoms with Crippen LogP contribution in [0.2, 0.25) is 0 Å². The van der Waals surface area contributed by atoms with Crippen LogP contribution in [-0.4, -0.2) is 22.0 Å². The molecule has 182 valence electrons. The zero-order valence-corrected chi connectivity index (χ0v) is 21.0. The van der Waals surface area contributed by atoms with E-state index in [1.54, 1.807) is 0 Å². The van der Waals surface area contributed by atoms with E-state index in [0.29, 0.717) is 17.5 Å². The fourth-order valence-electron chi connectivity index (χ4n) is 4.54. The van der Waals surface area contributed by atoms with E-state index in [-0.39, 0.29) is 0 Å². The minimum Gasteiger partial charge on any atom is -0.388 e. The summed E-state index contributed by atoms with van der Waals surface area (Å²) in [5, 5.41) is 3.27. The first kappa shape index (κ1) is 23.3. The molecular formula is C34H26N4. The molecule has 38 heavy (non-hydrogen) atoms. The summed E-state index contributed by atoms with van der Waals surface area (Å²) in [5.74, 6) is 1.98. The first-order chi connectivity index (χ1) is 18.8. The average Bonchev–Trinajstić information content (AvgIpc) is 3.02. The summed E-state index contributed by atoms with van der Waals surface area (Å²) in [5.41, 5.74) is 8.67. The molecule has 0 saturated carbocycles. The third kappa shape index (κ3) is 4.80. The number of rotatable bonds is 6. The van der Waals surface area contributed by atoms with E-state index in [2.05, 4.69) is 72.0 Å². The SMILES string of the molecule is CNc1ccccc1-c1ccc(-c2ccc(-c3nc(-c4ccccc4)nc(-c4ccccc4)n3)cc2)cc1. The van der Waals surface area contributed by atoms with E-state index in [1.165, 1.54) is 11.1 Å². The summed E-state index contributed by atoms with van der Waals surface area (Å²) < 4.78 is 0. The third-order valence-electron chi connectivity index (χ3n) is 6.57. The molecule has 6 rings (SSSR count). The highest BCUT2D eigenvalue weighted by Gasteiger charge is 2.12. The Hall–Kier alpha value is -5.09.